The van der Waals surface area contributed by atoms with Crippen molar-refractivity contribution >= 4 is 33.6 Å². The Morgan fingerprint density at radius 1 is 1.35 bits per heavy atom. The van der Waals surface area contributed by atoms with Gasteiger partial charge in [0, 0.05) is 10.2 Å². The van der Waals surface area contributed by atoms with E-state index in [4.69, 9.17) is 5.11 Å². The number of carbonyl (C=O) groups excluding carboxylic acids is 1. The quantitative estimate of drug-likeness (QED) is 0.741. The largest absolute Gasteiger partial charge is 0.481 e. The average Bonchev–Trinajstić information content (AvgIpc) is 2.82. The molecule has 0 saturated carbocycles. The third-order valence-corrected chi connectivity index (χ3v) is 4.02. The van der Waals surface area contributed by atoms with Crippen LogP contribution in [-0.4, -0.2) is 23.1 Å². The van der Waals surface area contributed by atoms with Crippen LogP contribution in [0.3, 0.4) is 0 Å². The Morgan fingerprint density at radius 2 is 2.10 bits per heavy atom. The molecule has 0 aliphatic heterocycles. The molecule has 6 heteroatoms. The zero-order chi connectivity index (χ0) is 14.7. The predicted molar refractivity (Wildman–Crippen MR) is 79.7 cm³/mol. The number of hydrogen-bond acceptors (Lipinski definition) is 2. The number of carboxylic acid groups (broad SMARTS) is 1. The minimum atomic E-state index is -0.866. The zero-order valence-corrected chi connectivity index (χ0v) is 12.5. The highest BCUT2D eigenvalue weighted by atomic mass is 79.9. The number of amides is 2. The molecule has 0 heterocycles. The monoisotopic (exact) mass is 338 g/mol. The highest BCUT2D eigenvalue weighted by Crippen LogP contribution is 2.21. The van der Waals surface area contributed by atoms with Gasteiger partial charge in [0.15, 0.2) is 0 Å². The van der Waals surface area contributed by atoms with Gasteiger partial charge in [-0.25, -0.2) is 4.79 Å². The molecule has 1 aromatic carbocycles. The molecule has 1 aliphatic rings. The van der Waals surface area contributed by atoms with Crippen LogP contribution in [0.5, 0.6) is 0 Å². The maximum atomic E-state index is 11.8. The van der Waals surface area contributed by atoms with Gasteiger partial charge in [0.1, 0.15) is 0 Å². The van der Waals surface area contributed by atoms with Crippen molar-refractivity contribution in [1.82, 2.24) is 5.32 Å². The Labute approximate surface area is 125 Å². The SMILES string of the molecule is Cc1cc(NC(=O)NC2C=CC(C(=O)O)C2)ccc1Br. The first-order valence-electron chi connectivity index (χ1n) is 6.20. The predicted octanol–water partition coefficient (Wildman–Crippen LogP) is 2.91. The molecular weight excluding hydrogens is 324 g/mol. The molecule has 2 rings (SSSR count). The topological polar surface area (TPSA) is 78.4 Å². The van der Waals surface area contributed by atoms with E-state index in [1.807, 2.05) is 19.1 Å². The van der Waals surface area contributed by atoms with Crippen molar-refractivity contribution in [3.8, 4) is 0 Å². The van der Waals surface area contributed by atoms with E-state index in [0.717, 1.165) is 10.0 Å². The molecule has 5 nitrogen and oxygen atoms in total. The summed E-state index contributed by atoms with van der Waals surface area (Å²) >= 11 is 3.39. The first-order chi connectivity index (χ1) is 9.45. The third kappa shape index (κ3) is 3.60. The van der Waals surface area contributed by atoms with Gasteiger partial charge in [0.05, 0.1) is 12.0 Å². The molecule has 2 unspecified atom stereocenters. The smallest absolute Gasteiger partial charge is 0.319 e. The van der Waals surface area contributed by atoms with E-state index in [9.17, 15) is 9.59 Å². The number of carbonyl (C=O) groups is 2. The highest BCUT2D eigenvalue weighted by Gasteiger charge is 2.25. The summed E-state index contributed by atoms with van der Waals surface area (Å²) in [6, 6.07) is 4.93. The second kappa shape index (κ2) is 6.09. The summed E-state index contributed by atoms with van der Waals surface area (Å²) in [5.74, 6) is -1.38. The second-order valence-electron chi connectivity index (χ2n) is 4.73. The Morgan fingerprint density at radius 3 is 2.70 bits per heavy atom. The van der Waals surface area contributed by atoms with Gasteiger partial charge < -0.3 is 15.7 Å². The summed E-state index contributed by atoms with van der Waals surface area (Å²) in [6.07, 6.45) is 3.71. The van der Waals surface area contributed by atoms with Gasteiger partial charge in [-0.15, -0.1) is 0 Å². The Balaban J connectivity index is 1.89. The highest BCUT2D eigenvalue weighted by molar-refractivity contribution is 9.10. The van der Waals surface area contributed by atoms with Gasteiger partial charge in [0.25, 0.3) is 0 Å². The van der Waals surface area contributed by atoms with Crippen LogP contribution in [0.1, 0.15) is 12.0 Å². The molecule has 0 fully saturated rings. The molecule has 106 valence electrons. The lowest BCUT2D eigenvalue weighted by Crippen LogP contribution is -2.36. The third-order valence-electron chi connectivity index (χ3n) is 3.13. The maximum absolute atomic E-state index is 11.8. The summed E-state index contributed by atoms with van der Waals surface area (Å²) in [5.41, 5.74) is 1.72. The van der Waals surface area contributed by atoms with Crippen molar-refractivity contribution < 1.29 is 14.7 Å². The maximum Gasteiger partial charge on any atom is 0.319 e. The fourth-order valence-corrected chi connectivity index (χ4v) is 2.29. The number of benzene rings is 1. The van der Waals surface area contributed by atoms with E-state index in [0.29, 0.717) is 12.1 Å². The Bertz CT molecular complexity index is 572. The van der Waals surface area contributed by atoms with Gasteiger partial charge in [-0.05, 0) is 37.1 Å². The summed E-state index contributed by atoms with van der Waals surface area (Å²) in [7, 11) is 0. The van der Waals surface area contributed by atoms with Crippen LogP contribution >= 0.6 is 15.9 Å². The molecule has 2 atom stereocenters. The lowest BCUT2D eigenvalue weighted by Gasteiger charge is -2.13. The van der Waals surface area contributed by atoms with Crippen molar-refractivity contribution in [2.45, 2.75) is 19.4 Å². The van der Waals surface area contributed by atoms with Crippen molar-refractivity contribution in [1.29, 1.82) is 0 Å². The molecule has 20 heavy (non-hydrogen) atoms. The number of carboxylic acids is 1. The lowest BCUT2D eigenvalue weighted by molar-refractivity contribution is -0.140. The van der Waals surface area contributed by atoms with E-state index in [1.54, 1.807) is 18.2 Å². The van der Waals surface area contributed by atoms with Crippen molar-refractivity contribution in [2.75, 3.05) is 5.32 Å². The van der Waals surface area contributed by atoms with Crippen molar-refractivity contribution in [2.24, 2.45) is 5.92 Å². The fourth-order valence-electron chi connectivity index (χ4n) is 2.05. The standard InChI is InChI=1S/C14H15BrN2O3/c1-8-6-10(4-5-12(8)15)16-14(20)17-11-3-2-9(7-11)13(18)19/h2-6,9,11H,7H2,1H3,(H,18,19)(H2,16,17,20). The van der Waals surface area contributed by atoms with Crippen LogP contribution in [0.4, 0.5) is 10.5 Å². The van der Waals surface area contributed by atoms with E-state index < -0.39 is 11.9 Å². The van der Waals surface area contributed by atoms with Gasteiger partial charge in [-0.1, -0.05) is 28.1 Å². The molecule has 2 amide bonds. The number of aliphatic carboxylic acids is 1. The number of nitrogens with one attached hydrogen (secondary N) is 2. The van der Waals surface area contributed by atoms with Crippen molar-refractivity contribution in [3.63, 3.8) is 0 Å². The molecule has 0 radical (unpaired) electrons. The normalized spacial score (nSPS) is 20.7. The number of hydrogen-bond donors (Lipinski definition) is 3. The van der Waals surface area contributed by atoms with Crippen LogP contribution < -0.4 is 10.6 Å². The minimum Gasteiger partial charge on any atom is -0.481 e. The molecule has 0 spiro atoms. The summed E-state index contributed by atoms with van der Waals surface area (Å²) in [5, 5.41) is 14.3. The van der Waals surface area contributed by atoms with Crippen LogP contribution in [0.25, 0.3) is 0 Å². The fraction of sp³-hybridized carbons (Fsp3) is 0.286. The van der Waals surface area contributed by atoms with Gasteiger partial charge >= 0.3 is 12.0 Å². The first kappa shape index (κ1) is 14.6. The van der Waals surface area contributed by atoms with Crippen LogP contribution in [-0.2, 0) is 4.79 Å². The molecular formula is C14H15BrN2O3. The lowest BCUT2D eigenvalue weighted by atomic mass is 10.1. The van der Waals surface area contributed by atoms with Crippen LogP contribution in [0, 0.1) is 12.8 Å². The second-order valence-corrected chi connectivity index (χ2v) is 5.59. The van der Waals surface area contributed by atoms with E-state index in [1.165, 1.54) is 0 Å². The molecule has 1 aliphatic carbocycles. The molecule has 0 bridgehead atoms. The number of anilines is 1. The molecule has 0 saturated heterocycles. The summed E-state index contributed by atoms with van der Waals surface area (Å²) in [6.45, 7) is 1.93. The Hall–Kier alpha value is -1.82. The molecule has 1 aromatic rings. The average molecular weight is 339 g/mol. The first-order valence-corrected chi connectivity index (χ1v) is 7.00. The number of rotatable bonds is 3. The summed E-state index contributed by atoms with van der Waals surface area (Å²) < 4.78 is 0.978. The van der Waals surface area contributed by atoms with Gasteiger partial charge in [0.2, 0.25) is 0 Å². The molecule has 0 aromatic heterocycles. The van der Waals surface area contributed by atoms with Crippen LogP contribution in [0.2, 0.25) is 0 Å². The minimum absolute atomic E-state index is 0.243. The zero-order valence-electron chi connectivity index (χ0n) is 10.9. The number of halogens is 1. The van der Waals surface area contributed by atoms with E-state index in [-0.39, 0.29) is 12.1 Å². The number of urea groups is 1. The van der Waals surface area contributed by atoms with E-state index >= 15 is 0 Å². The van der Waals surface area contributed by atoms with Gasteiger partial charge in [-0.2, -0.15) is 0 Å². The summed E-state index contributed by atoms with van der Waals surface area (Å²) in [4.78, 5) is 22.6. The van der Waals surface area contributed by atoms with Crippen LogP contribution in [0.15, 0.2) is 34.8 Å². The van der Waals surface area contributed by atoms with Gasteiger partial charge in [-0.3, -0.25) is 4.79 Å². The number of aryl methyl sites for hydroxylation is 1. The van der Waals surface area contributed by atoms with Crippen molar-refractivity contribution in [3.05, 3.63) is 40.4 Å². The Kier molecular flexibility index (Phi) is 4.44. The molecule has 3 N–H and O–H groups in total. The van der Waals surface area contributed by atoms with E-state index in [2.05, 4.69) is 26.6 Å².